The molecular weight excluding hydrogens is 200 g/mol. The molecule has 0 fully saturated rings. The standard InChI is InChI=1S/C10H10N2O.ClH/c1-7-6-11-12-10(7)8-4-2-3-5-9(8)13;/h2-7,13H,1H3;1H. The molecule has 1 aliphatic rings. The van der Waals surface area contributed by atoms with E-state index in [1.165, 1.54) is 0 Å². The Kier molecular flexibility index (Phi) is 3.25. The number of hydrogen-bond donors (Lipinski definition) is 1. The Morgan fingerprint density at radius 3 is 2.57 bits per heavy atom. The third-order valence-corrected chi connectivity index (χ3v) is 2.07. The fraction of sp³-hybridized carbons (Fsp3) is 0.200. The van der Waals surface area contributed by atoms with Crippen LogP contribution in [0.25, 0.3) is 0 Å². The number of benzene rings is 1. The van der Waals surface area contributed by atoms with Gasteiger partial charge in [-0.1, -0.05) is 19.1 Å². The van der Waals surface area contributed by atoms with Gasteiger partial charge >= 0.3 is 0 Å². The maximum atomic E-state index is 9.55. The second-order valence-electron chi connectivity index (χ2n) is 3.06. The Balaban J connectivity index is 0.000000980. The Morgan fingerprint density at radius 1 is 1.29 bits per heavy atom. The molecule has 0 radical (unpaired) electrons. The summed E-state index contributed by atoms with van der Waals surface area (Å²) in [6.45, 7) is 2.00. The number of phenols is 1. The van der Waals surface area contributed by atoms with E-state index in [0.717, 1.165) is 11.3 Å². The zero-order valence-electron chi connectivity index (χ0n) is 7.71. The van der Waals surface area contributed by atoms with Gasteiger partial charge < -0.3 is 5.11 Å². The molecule has 0 aromatic heterocycles. The predicted octanol–water partition coefficient (Wildman–Crippen LogP) is 2.24. The molecule has 0 saturated carbocycles. The van der Waals surface area contributed by atoms with Gasteiger partial charge in [-0.05, 0) is 12.1 Å². The van der Waals surface area contributed by atoms with Crippen LogP contribution in [0.2, 0.25) is 0 Å². The molecule has 0 saturated heterocycles. The molecule has 0 amide bonds. The first-order chi connectivity index (χ1) is 6.29. The van der Waals surface area contributed by atoms with Gasteiger partial charge in [0.1, 0.15) is 5.75 Å². The Labute approximate surface area is 88.6 Å². The topological polar surface area (TPSA) is 45.0 Å². The van der Waals surface area contributed by atoms with Gasteiger partial charge in [0.25, 0.3) is 0 Å². The number of halogens is 1. The van der Waals surface area contributed by atoms with Crippen molar-refractivity contribution in [2.24, 2.45) is 16.1 Å². The lowest BCUT2D eigenvalue weighted by Crippen LogP contribution is -2.09. The van der Waals surface area contributed by atoms with Gasteiger partial charge in [-0.2, -0.15) is 10.2 Å². The van der Waals surface area contributed by atoms with Crippen molar-refractivity contribution < 1.29 is 5.11 Å². The number of para-hydroxylation sites is 1. The molecule has 0 bridgehead atoms. The number of nitrogens with zero attached hydrogens (tertiary/aromatic N) is 2. The van der Waals surface area contributed by atoms with Crippen molar-refractivity contribution in [1.29, 1.82) is 0 Å². The lowest BCUT2D eigenvalue weighted by Gasteiger charge is -2.06. The second kappa shape index (κ2) is 4.24. The predicted molar refractivity (Wildman–Crippen MR) is 59.5 cm³/mol. The molecule has 1 N–H and O–H groups in total. The fourth-order valence-electron chi connectivity index (χ4n) is 1.35. The van der Waals surface area contributed by atoms with Gasteiger partial charge in [0, 0.05) is 17.7 Å². The van der Waals surface area contributed by atoms with Gasteiger partial charge in [0.2, 0.25) is 0 Å². The maximum absolute atomic E-state index is 9.55. The van der Waals surface area contributed by atoms with Crippen LogP contribution in [0, 0.1) is 5.92 Å². The van der Waals surface area contributed by atoms with Crippen LogP contribution in [0.4, 0.5) is 0 Å². The van der Waals surface area contributed by atoms with Crippen LogP contribution >= 0.6 is 12.4 Å². The van der Waals surface area contributed by atoms with Crippen molar-refractivity contribution in [2.75, 3.05) is 0 Å². The summed E-state index contributed by atoms with van der Waals surface area (Å²) >= 11 is 0. The van der Waals surface area contributed by atoms with Gasteiger partial charge in [-0.15, -0.1) is 12.4 Å². The van der Waals surface area contributed by atoms with Gasteiger partial charge in [0.05, 0.1) is 5.71 Å². The van der Waals surface area contributed by atoms with Crippen LogP contribution in [-0.2, 0) is 0 Å². The molecule has 1 aromatic carbocycles. The van der Waals surface area contributed by atoms with Gasteiger partial charge in [0.15, 0.2) is 0 Å². The van der Waals surface area contributed by atoms with Crippen LogP contribution in [-0.4, -0.2) is 17.0 Å². The summed E-state index contributed by atoms with van der Waals surface area (Å²) in [4.78, 5) is 0. The van der Waals surface area contributed by atoms with E-state index in [1.54, 1.807) is 18.3 Å². The third kappa shape index (κ3) is 1.77. The second-order valence-corrected chi connectivity index (χ2v) is 3.06. The van der Waals surface area contributed by atoms with Crippen LogP contribution < -0.4 is 0 Å². The van der Waals surface area contributed by atoms with Crippen molar-refractivity contribution in [2.45, 2.75) is 6.92 Å². The minimum atomic E-state index is 0. The van der Waals surface area contributed by atoms with Crippen LogP contribution in [0.1, 0.15) is 12.5 Å². The summed E-state index contributed by atoms with van der Waals surface area (Å²) in [5.41, 5.74) is 1.60. The van der Waals surface area contributed by atoms with E-state index in [4.69, 9.17) is 0 Å². The quantitative estimate of drug-likeness (QED) is 0.759. The van der Waals surface area contributed by atoms with Crippen molar-refractivity contribution in [3.05, 3.63) is 29.8 Å². The summed E-state index contributed by atoms with van der Waals surface area (Å²) in [5, 5.41) is 17.3. The molecule has 1 aliphatic heterocycles. The Hall–Kier alpha value is -1.35. The normalized spacial score (nSPS) is 18.9. The molecule has 1 heterocycles. The average Bonchev–Trinajstić information content (AvgIpc) is 2.52. The van der Waals surface area contributed by atoms with Gasteiger partial charge in [-0.3, -0.25) is 0 Å². The van der Waals surface area contributed by atoms with E-state index in [9.17, 15) is 5.11 Å². The minimum Gasteiger partial charge on any atom is -0.507 e. The highest BCUT2D eigenvalue weighted by atomic mass is 35.5. The number of aromatic hydroxyl groups is 1. The molecule has 1 unspecified atom stereocenters. The van der Waals surface area contributed by atoms with Crippen molar-refractivity contribution in [1.82, 2.24) is 0 Å². The molecule has 3 nitrogen and oxygen atoms in total. The zero-order valence-corrected chi connectivity index (χ0v) is 8.53. The van der Waals surface area contributed by atoms with Gasteiger partial charge in [-0.25, -0.2) is 0 Å². The van der Waals surface area contributed by atoms with Crippen molar-refractivity contribution in [3.63, 3.8) is 0 Å². The highest BCUT2D eigenvalue weighted by Crippen LogP contribution is 2.21. The molecule has 4 heteroatoms. The maximum Gasteiger partial charge on any atom is 0.124 e. The van der Waals surface area contributed by atoms with E-state index >= 15 is 0 Å². The van der Waals surface area contributed by atoms with Crippen molar-refractivity contribution >= 4 is 24.3 Å². The minimum absolute atomic E-state index is 0. The summed E-state index contributed by atoms with van der Waals surface area (Å²) in [7, 11) is 0. The molecule has 2 rings (SSSR count). The Bertz CT molecular complexity index is 387. The smallest absolute Gasteiger partial charge is 0.124 e. The third-order valence-electron chi connectivity index (χ3n) is 2.07. The van der Waals surface area contributed by atoms with Crippen molar-refractivity contribution in [3.8, 4) is 5.75 Å². The molecule has 1 aromatic rings. The monoisotopic (exact) mass is 210 g/mol. The first kappa shape index (κ1) is 10.7. The van der Waals surface area contributed by atoms with Crippen LogP contribution in [0.3, 0.4) is 0 Å². The number of hydrogen-bond acceptors (Lipinski definition) is 3. The van der Waals surface area contributed by atoms with E-state index in [-0.39, 0.29) is 24.1 Å². The first-order valence-corrected chi connectivity index (χ1v) is 4.18. The summed E-state index contributed by atoms with van der Waals surface area (Å²) in [6.07, 6.45) is 1.77. The van der Waals surface area contributed by atoms with E-state index in [1.807, 2.05) is 19.1 Å². The highest BCUT2D eigenvalue weighted by Gasteiger charge is 2.17. The van der Waals surface area contributed by atoms with E-state index in [0.29, 0.717) is 0 Å². The molecule has 0 spiro atoms. The molecule has 1 atom stereocenters. The summed E-state index contributed by atoms with van der Waals surface area (Å²) in [6, 6.07) is 7.17. The lowest BCUT2D eigenvalue weighted by atomic mass is 9.99. The number of phenolic OH excluding ortho intramolecular Hbond substituents is 1. The Morgan fingerprint density at radius 2 is 2.00 bits per heavy atom. The zero-order chi connectivity index (χ0) is 9.26. The van der Waals surface area contributed by atoms with Crippen LogP contribution in [0.5, 0.6) is 5.75 Å². The summed E-state index contributed by atoms with van der Waals surface area (Å²) in [5.74, 6) is 0.451. The first-order valence-electron chi connectivity index (χ1n) is 4.18. The summed E-state index contributed by atoms with van der Waals surface area (Å²) < 4.78 is 0. The van der Waals surface area contributed by atoms with E-state index < -0.39 is 0 Å². The largest absolute Gasteiger partial charge is 0.507 e. The fourth-order valence-corrected chi connectivity index (χ4v) is 1.35. The van der Waals surface area contributed by atoms with Crippen LogP contribution in [0.15, 0.2) is 34.5 Å². The highest BCUT2D eigenvalue weighted by molar-refractivity contribution is 6.12. The molecule has 74 valence electrons. The average molecular weight is 211 g/mol. The molecule has 0 aliphatic carbocycles. The number of rotatable bonds is 1. The van der Waals surface area contributed by atoms with E-state index in [2.05, 4.69) is 10.2 Å². The SMILES string of the molecule is CC1C=NN=C1c1ccccc1O.Cl. The molecular formula is C10H11ClN2O. The lowest BCUT2D eigenvalue weighted by molar-refractivity contribution is 0.474. The molecule has 14 heavy (non-hydrogen) atoms.